The van der Waals surface area contributed by atoms with Gasteiger partial charge in [0.15, 0.2) is 0 Å². The first kappa shape index (κ1) is 18.4. The molecule has 0 saturated heterocycles. The van der Waals surface area contributed by atoms with Gasteiger partial charge >= 0.3 is 6.18 Å². The van der Waals surface area contributed by atoms with Crippen LogP contribution in [-0.2, 0) is 16.6 Å². The van der Waals surface area contributed by atoms with Gasteiger partial charge in [0.1, 0.15) is 11.4 Å². The maximum Gasteiger partial charge on any atom is 0.402 e. The maximum atomic E-state index is 12.6. The van der Waals surface area contributed by atoms with Crippen LogP contribution in [0.3, 0.4) is 0 Å². The van der Waals surface area contributed by atoms with Gasteiger partial charge in [-0.25, -0.2) is 8.42 Å². The average molecular weight is 344 g/mol. The van der Waals surface area contributed by atoms with Gasteiger partial charge in [-0.1, -0.05) is 6.92 Å². The first-order valence-corrected chi connectivity index (χ1v) is 8.74. The smallest absolute Gasteiger partial charge is 0.315 e. The van der Waals surface area contributed by atoms with E-state index in [-0.39, 0.29) is 11.4 Å². The largest absolute Gasteiger partial charge is 0.402 e. The summed E-state index contributed by atoms with van der Waals surface area (Å²) in [5, 5.41) is 4.48. The molecule has 122 valence electrons. The molecule has 1 heterocycles. The molecule has 1 N–H and O–H groups in total. The van der Waals surface area contributed by atoms with Crippen molar-refractivity contribution in [3.8, 4) is 0 Å². The second-order valence-electron chi connectivity index (χ2n) is 4.66. The van der Waals surface area contributed by atoms with Crippen LogP contribution in [0.15, 0.2) is 10.3 Å². The topological polar surface area (TPSA) is 49.4 Å². The summed E-state index contributed by atoms with van der Waals surface area (Å²) < 4.78 is 63.6. The number of thiophene rings is 1. The highest BCUT2D eigenvalue weighted by Crippen LogP contribution is 2.31. The molecular formula is C12H19F3N2O2S2. The molecule has 0 spiro atoms. The van der Waals surface area contributed by atoms with E-state index in [2.05, 4.69) is 5.32 Å². The molecule has 0 atom stereocenters. The standard InChI is InChI=1S/C12H19F3N2O2S2/c1-4-5-17(8-12(13,14)15)21(18,19)11-9(2)7-20-10(11)6-16-3/h7,16H,4-6,8H2,1-3H3. The number of nitrogens with one attached hydrogen (secondary N) is 1. The van der Waals surface area contributed by atoms with Gasteiger partial charge in [-0.15, -0.1) is 11.3 Å². The van der Waals surface area contributed by atoms with Crippen molar-refractivity contribution in [2.45, 2.75) is 37.9 Å². The van der Waals surface area contributed by atoms with Gasteiger partial charge in [-0.2, -0.15) is 17.5 Å². The van der Waals surface area contributed by atoms with Gasteiger partial charge in [-0.05, 0) is 31.3 Å². The lowest BCUT2D eigenvalue weighted by molar-refractivity contribution is -0.136. The van der Waals surface area contributed by atoms with E-state index in [1.165, 1.54) is 11.3 Å². The van der Waals surface area contributed by atoms with E-state index in [1.54, 1.807) is 26.3 Å². The maximum absolute atomic E-state index is 12.6. The summed E-state index contributed by atoms with van der Waals surface area (Å²) in [5.74, 6) is 0. The van der Waals surface area contributed by atoms with Crippen molar-refractivity contribution in [1.29, 1.82) is 0 Å². The fourth-order valence-electron chi connectivity index (χ4n) is 1.98. The van der Waals surface area contributed by atoms with Gasteiger partial charge in [0, 0.05) is 18.0 Å². The van der Waals surface area contributed by atoms with Crippen molar-refractivity contribution >= 4 is 21.4 Å². The molecule has 0 fully saturated rings. The Kier molecular flexibility index (Phi) is 6.21. The molecule has 21 heavy (non-hydrogen) atoms. The summed E-state index contributed by atoms with van der Waals surface area (Å²) in [5.41, 5.74) is 0.480. The van der Waals surface area contributed by atoms with Crippen LogP contribution in [0.2, 0.25) is 0 Å². The van der Waals surface area contributed by atoms with Crippen molar-refractivity contribution in [1.82, 2.24) is 9.62 Å². The van der Waals surface area contributed by atoms with E-state index in [0.717, 1.165) is 0 Å². The van der Waals surface area contributed by atoms with Crippen molar-refractivity contribution in [2.75, 3.05) is 20.1 Å². The molecule has 1 rings (SSSR count). The summed E-state index contributed by atoms with van der Waals surface area (Å²) in [6, 6.07) is 0. The first-order chi connectivity index (χ1) is 9.63. The van der Waals surface area contributed by atoms with E-state index in [4.69, 9.17) is 0 Å². The van der Waals surface area contributed by atoms with Gasteiger partial charge in [0.25, 0.3) is 0 Å². The number of hydrogen-bond acceptors (Lipinski definition) is 4. The highest BCUT2D eigenvalue weighted by molar-refractivity contribution is 7.89. The van der Waals surface area contributed by atoms with Crippen LogP contribution in [0.4, 0.5) is 13.2 Å². The molecule has 0 aliphatic carbocycles. The van der Waals surface area contributed by atoms with Crippen molar-refractivity contribution < 1.29 is 21.6 Å². The lowest BCUT2D eigenvalue weighted by atomic mass is 10.3. The number of halogens is 3. The Bertz CT molecular complexity index is 568. The minimum Gasteiger partial charge on any atom is -0.315 e. The highest BCUT2D eigenvalue weighted by Gasteiger charge is 2.38. The molecule has 0 unspecified atom stereocenters. The Balaban J connectivity index is 3.26. The van der Waals surface area contributed by atoms with Crippen LogP contribution in [0.5, 0.6) is 0 Å². The van der Waals surface area contributed by atoms with Gasteiger partial charge in [-0.3, -0.25) is 0 Å². The monoisotopic (exact) mass is 344 g/mol. The number of alkyl halides is 3. The van der Waals surface area contributed by atoms with Crippen LogP contribution in [-0.4, -0.2) is 39.0 Å². The van der Waals surface area contributed by atoms with Gasteiger partial charge in [0.2, 0.25) is 10.0 Å². The third kappa shape index (κ3) is 4.67. The Morgan fingerprint density at radius 3 is 2.48 bits per heavy atom. The highest BCUT2D eigenvalue weighted by atomic mass is 32.2. The Morgan fingerprint density at radius 2 is 2.00 bits per heavy atom. The molecule has 9 heteroatoms. The summed E-state index contributed by atoms with van der Waals surface area (Å²) in [7, 11) is -2.50. The molecule has 0 aromatic carbocycles. The first-order valence-electron chi connectivity index (χ1n) is 6.42. The molecule has 0 saturated carbocycles. The van der Waals surface area contributed by atoms with Crippen LogP contribution in [0, 0.1) is 6.92 Å². The Labute approximate surface area is 127 Å². The number of aryl methyl sites for hydroxylation is 1. The number of nitrogens with zero attached hydrogens (tertiary/aromatic N) is 1. The van der Waals surface area contributed by atoms with Crippen LogP contribution in [0.1, 0.15) is 23.8 Å². The van der Waals surface area contributed by atoms with E-state index in [9.17, 15) is 21.6 Å². The predicted octanol–water partition coefficient (Wildman–Crippen LogP) is 2.74. The minimum absolute atomic E-state index is 0.000417. The zero-order chi connectivity index (χ0) is 16.3. The molecule has 4 nitrogen and oxygen atoms in total. The van der Waals surface area contributed by atoms with E-state index < -0.39 is 22.7 Å². The summed E-state index contributed by atoms with van der Waals surface area (Å²) in [6.45, 7) is 1.93. The average Bonchev–Trinajstić information content (AvgIpc) is 2.69. The predicted molar refractivity (Wildman–Crippen MR) is 76.9 cm³/mol. The Morgan fingerprint density at radius 1 is 1.38 bits per heavy atom. The lowest BCUT2D eigenvalue weighted by Gasteiger charge is -2.23. The fourth-order valence-corrected chi connectivity index (χ4v) is 5.27. The molecule has 1 aromatic heterocycles. The second kappa shape index (κ2) is 7.08. The van der Waals surface area contributed by atoms with E-state index in [0.29, 0.717) is 27.7 Å². The number of hydrogen-bond donors (Lipinski definition) is 1. The zero-order valence-electron chi connectivity index (χ0n) is 12.1. The minimum atomic E-state index is -4.56. The molecular weight excluding hydrogens is 325 g/mol. The molecule has 0 aliphatic heterocycles. The molecule has 0 bridgehead atoms. The molecule has 0 amide bonds. The number of sulfonamides is 1. The zero-order valence-corrected chi connectivity index (χ0v) is 13.8. The third-order valence-electron chi connectivity index (χ3n) is 2.75. The van der Waals surface area contributed by atoms with Crippen LogP contribution in [0.25, 0.3) is 0 Å². The number of rotatable bonds is 7. The quantitative estimate of drug-likeness (QED) is 0.827. The lowest BCUT2D eigenvalue weighted by Crippen LogP contribution is -2.39. The van der Waals surface area contributed by atoms with E-state index in [1.807, 2.05) is 0 Å². The summed E-state index contributed by atoms with van der Waals surface area (Å²) >= 11 is 1.23. The summed E-state index contributed by atoms with van der Waals surface area (Å²) in [4.78, 5) is 0.526. The fraction of sp³-hybridized carbons (Fsp3) is 0.667. The third-order valence-corrected chi connectivity index (χ3v) is 6.06. The van der Waals surface area contributed by atoms with E-state index >= 15 is 0 Å². The normalized spacial score (nSPS) is 13.1. The van der Waals surface area contributed by atoms with Crippen LogP contribution < -0.4 is 5.32 Å². The molecule has 1 aromatic rings. The van der Waals surface area contributed by atoms with Gasteiger partial charge in [0.05, 0.1) is 0 Å². The SMILES string of the molecule is CCCN(CC(F)(F)F)S(=O)(=O)c1c(C)csc1CNC. The van der Waals surface area contributed by atoms with Crippen molar-refractivity contribution in [2.24, 2.45) is 0 Å². The van der Waals surface area contributed by atoms with Crippen molar-refractivity contribution in [3.63, 3.8) is 0 Å². The molecule has 0 radical (unpaired) electrons. The van der Waals surface area contributed by atoms with Gasteiger partial charge < -0.3 is 5.32 Å². The second-order valence-corrected chi connectivity index (χ2v) is 7.49. The van der Waals surface area contributed by atoms with Crippen molar-refractivity contribution in [3.05, 3.63) is 15.8 Å². The molecule has 0 aliphatic rings. The Hall–Kier alpha value is -0.640. The summed E-state index contributed by atoms with van der Waals surface area (Å²) in [6.07, 6.45) is -4.24. The van der Waals surface area contributed by atoms with Crippen LogP contribution >= 0.6 is 11.3 Å².